The van der Waals surface area contributed by atoms with E-state index in [1.165, 1.54) is 13.2 Å². The van der Waals surface area contributed by atoms with Gasteiger partial charge in [0.1, 0.15) is 5.41 Å². The number of benzene rings is 2. The monoisotopic (exact) mass is 368 g/mol. The number of amides is 2. The molecular weight excluding hydrogens is 344 g/mol. The lowest BCUT2D eigenvalue weighted by Crippen LogP contribution is -2.41. The van der Waals surface area contributed by atoms with Gasteiger partial charge in [-0.15, -0.1) is 0 Å². The zero-order valence-corrected chi connectivity index (χ0v) is 16.0. The van der Waals surface area contributed by atoms with E-state index < -0.39 is 23.2 Å². The van der Waals surface area contributed by atoms with E-state index >= 15 is 0 Å². The van der Waals surface area contributed by atoms with Gasteiger partial charge in [0, 0.05) is 11.4 Å². The van der Waals surface area contributed by atoms with Gasteiger partial charge < -0.3 is 15.4 Å². The number of nitrogens with one attached hydrogen (secondary N) is 2. The van der Waals surface area contributed by atoms with Gasteiger partial charge in [-0.1, -0.05) is 25.1 Å². The van der Waals surface area contributed by atoms with Crippen LogP contribution in [0.5, 0.6) is 0 Å². The highest BCUT2D eigenvalue weighted by atomic mass is 16.5. The number of carbonyl (C=O) groups excluding carboxylic acids is 3. The summed E-state index contributed by atoms with van der Waals surface area (Å²) in [5.74, 6) is -1.40. The normalized spacial score (nSPS) is 10.8. The number of carbonyl (C=O) groups is 3. The third kappa shape index (κ3) is 4.94. The lowest BCUT2D eigenvalue weighted by molar-refractivity contribution is -0.135. The highest BCUT2D eigenvalue weighted by Gasteiger charge is 2.36. The first kappa shape index (κ1) is 20.2. The molecule has 0 saturated carbocycles. The van der Waals surface area contributed by atoms with Crippen molar-refractivity contribution in [3.63, 3.8) is 0 Å². The van der Waals surface area contributed by atoms with Crippen molar-refractivity contribution in [3.8, 4) is 0 Å². The second-order valence-corrected chi connectivity index (χ2v) is 6.66. The van der Waals surface area contributed by atoms with Crippen LogP contribution < -0.4 is 10.6 Å². The Hall–Kier alpha value is -3.15. The van der Waals surface area contributed by atoms with Crippen LogP contribution in [0.3, 0.4) is 0 Å². The summed E-state index contributed by atoms with van der Waals surface area (Å²) in [4.78, 5) is 36.8. The summed E-state index contributed by atoms with van der Waals surface area (Å²) in [6.07, 6.45) is 0.909. The molecule has 0 heterocycles. The van der Waals surface area contributed by atoms with Gasteiger partial charge in [0.25, 0.3) is 0 Å². The summed E-state index contributed by atoms with van der Waals surface area (Å²) in [5, 5.41) is 5.44. The summed E-state index contributed by atoms with van der Waals surface area (Å²) in [6, 6.07) is 13.8. The number of rotatable bonds is 6. The second kappa shape index (κ2) is 8.49. The lowest BCUT2D eigenvalue weighted by Gasteiger charge is -2.23. The fraction of sp³-hybridized carbons (Fsp3) is 0.286. The Labute approximate surface area is 158 Å². The third-order valence-electron chi connectivity index (χ3n) is 4.30. The smallest absolute Gasteiger partial charge is 0.337 e. The average molecular weight is 368 g/mol. The molecule has 2 aromatic carbocycles. The van der Waals surface area contributed by atoms with E-state index in [2.05, 4.69) is 22.3 Å². The van der Waals surface area contributed by atoms with Crippen LogP contribution in [0.4, 0.5) is 11.4 Å². The van der Waals surface area contributed by atoms with Crippen LogP contribution in [0.1, 0.15) is 36.7 Å². The zero-order valence-electron chi connectivity index (χ0n) is 16.0. The fourth-order valence-corrected chi connectivity index (χ4v) is 2.34. The van der Waals surface area contributed by atoms with Crippen molar-refractivity contribution >= 4 is 29.2 Å². The second-order valence-electron chi connectivity index (χ2n) is 6.66. The molecule has 0 aliphatic carbocycles. The Kier molecular flexibility index (Phi) is 6.34. The van der Waals surface area contributed by atoms with E-state index in [0.717, 1.165) is 12.0 Å². The minimum Gasteiger partial charge on any atom is -0.465 e. The number of hydrogen-bond acceptors (Lipinski definition) is 4. The maximum atomic E-state index is 12.6. The van der Waals surface area contributed by atoms with E-state index in [1.807, 2.05) is 24.3 Å². The first-order valence-corrected chi connectivity index (χ1v) is 8.68. The molecule has 2 rings (SSSR count). The Morgan fingerprint density at radius 2 is 1.52 bits per heavy atom. The van der Waals surface area contributed by atoms with Crippen molar-refractivity contribution in [2.75, 3.05) is 17.7 Å². The maximum absolute atomic E-state index is 12.6. The van der Waals surface area contributed by atoms with Gasteiger partial charge in [0.15, 0.2) is 0 Å². The van der Waals surface area contributed by atoms with Crippen LogP contribution in [0.25, 0.3) is 0 Å². The first-order valence-electron chi connectivity index (χ1n) is 8.68. The highest BCUT2D eigenvalue weighted by molar-refractivity contribution is 6.14. The topological polar surface area (TPSA) is 84.5 Å². The zero-order chi connectivity index (χ0) is 20.0. The van der Waals surface area contributed by atoms with Gasteiger partial charge in [0.05, 0.1) is 12.7 Å². The molecule has 27 heavy (non-hydrogen) atoms. The van der Waals surface area contributed by atoms with Crippen molar-refractivity contribution in [1.82, 2.24) is 0 Å². The summed E-state index contributed by atoms with van der Waals surface area (Å²) in [7, 11) is 1.29. The molecule has 0 aromatic heterocycles. The molecule has 0 unspecified atom stereocenters. The molecular formula is C21H24N2O4. The third-order valence-corrected chi connectivity index (χ3v) is 4.30. The summed E-state index contributed by atoms with van der Waals surface area (Å²) < 4.78 is 4.67. The SMILES string of the molecule is CCc1ccc(NC(=O)C(C)(C)C(=O)Nc2cccc(C(=O)OC)c2)cc1. The number of methoxy groups -OCH3 is 1. The quantitative estimate of drug-likeness (QED) is 0.602. The van der Waals surface area contributed by atoms with E-state index in [0.29, 0.717) is 16.9 Å². The standard InChI is InChI=1S/C21H24N2O4/c1-5-14-9-11-16(12-10-14)22-19(25)21(2,3)20(26)23-17-8-6-7-15(13-17)18(24)27-4/h6-13H,5H2,1-4H3,(H,22,25)(H,23,26). The lowest BCUT2D eigenvalue weighted by atomic mass is 9.90. The molecule has 0 fully saturated rings. The number of ether oxygens (including phenoxy) is 1. The molecule has 6 heteroatoms. The molecule has 0 bridgehead atoms. The van der Waals surface area contributed by atoms with Crippen LogP contribution in [-0.2, 0) is 20.7 Å². The molecule has 0 atom stereocenters. The van der Waals surface area contributed by atoms with E-state index in [1.54, 1.807) is 32.0 Å². The van der Waals surface area contributed by atoms with Crippen LogP contribution in [-0.4, -0.2) is 24.9 Å². The number of aryl methyl sites for hydroxylation is 1. The Balaban J connectivity index is 2.09. The van der Waals surface area contributed by atoms with Gasteiger partial charge in [-0.05, 0) is 56.2 Å². The van der Waals surface area contributed by atoms with E-state index in [9.17, 15) is 14.4 Å². The maximum Gasteiger partial charge on any atom is 0.337 e. The first-order chi connectivity index (χ1) is 12.8. The number of anilines is 2. The largest absolute Gasteiger partial charge is 0.465 e. The molecule has 6 nitrogen and oxygen atoms in total. The molecule has 0 spiro atoms. The predicted molar refractivity (Wildman–Crippen MR) is 105 cm³/mol. The highest BCUT2D eigenvalue weighted by Crippen LogP contribution is 2.22. The summed E-state index contributed by atoms with van der Waals surface area (Å²) >= 11 is 0. The Bertz CT molecular complexity index is 842. The van der Waals surface area contributed by atoms with Crippen LogP contribution in [0.15, 0.2) is 48.5 Å². The Morgan fingerprint density at radius 3 is 2.07 bits per heavy atom. The molecule has 2 N–H and O–H groups in total. The van der Waals surface area contributed by atoms with Crippen molar-refractivity contribution in [2.24, 2.45) is 5.41 Å². The molecule has 0 aliphatic rings. The van der Waals surface area contributed by atoms with E-state index in [4.69, 9.17) is 0 Å². The van der Waals surface area contributed by atoms with Crippen molar-refractivity contribution in [3.05, 3.63) is 59.7 Å². The van der Waals surface area contributed by atoms with Crippen LogP contribution >= 0.6 is 0 Å². The molecule has 0 aliphatic heterocycles. The van der Waals surface area contributed by atoms with Crippen LogP contribution in [0.2, 0.25) is 0 Å². The molecule has 2 aromatic rings. The van der Waals surface area contributed by atoms with Gasteiger partial charge in [-0.2, -0.15) is 0 Å². The fourth-order valence-electron chi connectivity index (χ4n) is 2.34. The van der Waals surface area contributed by atoms with Gasteiger partial charge >= 0.3 is 5.97 Å². The van der Waals surface area contributed by atoms with Gasteiger partial charge in [-0.3, -0.25) is 9.59 Å². The Morgan fingerprint density at radius 1 is 0.926 bits per heavy atom. The minimum absolute atomic E-state index is 0.313. The summed E-state index contributed by atoms with van der Waals surface area (Å²) in [5.41, 5.74) is 1.20. The predicted octanol–water partition coefficient (Wildman–Crippen LogP) is 3.64. The molecule has 142 valence electrons. The van der Waals surface area contributed by atoms with E-state index in [-0.39, 0.29) is 0 Å². The van der Waals surface area contributed by atoms with Crippen molar-refractivity contribution in [2.45, 2.75) is 27.2 Å². The minimum atomic E-state index is -1.31. The molecule has 0 saturated heterocycles. The van der Waals surface area contributed by atoms with Crippen molar-refractivity contribution < 1.29 is 19.1 Å². The number of hydrogen-bond donors (Lipinski definition) is 2. The van der Waals surface area contributed by atoms with Crippen molar-refractivity contribution in [1.29, 1.82) is 0 Å². The summed E-state index contributed by atoms with van der Waals surface area (Å²) in [6.45, 7) is 5.14. The average Bonchev–Trinajstić information content (AvgIpc) is 2.68. The van der Waals surface area contributed by atoms with Gasteiger partial charge in [0.2, 0.25) is 11.8 Å². The number of esters is 1. The molecule has 0 radical (unpaired) electrons. The van der Waals surface area contributed by atoms with Crippen LogP contribution in [0, 0.1) is 5.41 Å². The van der Waals surface area contributed by atoms with Gasteiger partial charge in [-0.25, -0.2) is 4.79 Å². The molecule has 2 amide bonds.